The van der Waals surface area contributed by atoms with Gasteiger partial charge in [0.1, 0.15) is 11.9 Å². The molecule has 2 saturated heterocycles. The van der Waals surface area contributed by atoms with E-state index in [-0.39, 0.29) is 23.5 Å². The molecule has 1 atom stereocenters. The van der Waals surface area contributed by atoms with Gasteiger partial charge in [0.2, 0.25) is 11.8 Å². The largest absolute Gasteiger partial charge is 0.374 e. The minimum absolute atomic E-state index is 0.228. The molecular weight excluding hydrogens is 412 g/mol. The molecule has 5 nitrogen and oxygen atoms in total. The van der Waals surface area contributed by atoms with Crippen molar-refractivity contribution in [3.8, 4) is 0 Å². The van der Waals surface area contributed by atoms with E-state index in [0.717, 1.165) is 31.5 Å². The number of hydrogen-bond acceptors (Lipinski definition) is 4. The highest BCUT2D eigenvalue weighted by Gasteiger charge is 2.27. The van der Waals surface area contributed by atoms with Gasteiger partial charge in [-0.05, 0) is 42.9 Å². The molecule has 1 aromatic rings. The maximum atomic E-state index is 14.4. The molecule has 0 aromatic heterocycles. The van der Waals surface area contributed by atoms with Crippen molar-refractivity contribution < 1.29 is 14.0 Å². The summed E-state index contributed by atoms with van der Waals surface area (Å²) in [7, 11) is 0. The number of anilines is 1. The SMILES string of the molecule is O=C1CCC(Nc2ccc(C3CCN(I)CC3)c(F)c2)C(=O)N1. The standard InChI is InChI=1S/C16H19FIN3O2/c17-13-9-11(19-14-3-4-15(22)20-16(14)23)1-2-12(13)10-5-7-21(18)8-6-10/h1-2,9-10,14,19H,3-8H2,(H,20,22,23). The summed E-state index contributed by atoms with van der Waals surface area (Å²) in [5, 5.41) is 5.31. The summed E-state index contributed by atoms with van der Waals surface area (Å²) in [4.78, 5) is 22.9. The highest BCUT2D eigenvalue weighted by Crippen LogP contribution is 2.32. The fraction of sp³-hybridized carbons (Fsp3) is 0.500. The monoisotopic (exact) mass is 431 g/mol. The number of halogens is 2. The van der Waals surface area contributed by atoms with Crippen LogP contribution in [0.1, 0.15) is 37.2 Å². The lowest BCUT2D eigenvalue weighted by molar-refractivity contribution is -0.133. The number of imide groups is 1. The molecule has 2 amide bonds. The zero-order valence-electron chi connectivity index (χ0n) is 12.6. The third-order valence-electron chi connectivity index (χ3n) is 4.46. The lowest BCUT2D eigenvalue weighted by Crippen LogP contribution is -2.47. The Hall–Kier alpha value is -1.22. The third kappa shape index (κ3) is 4.00. The molecule has 0 radical (unpaired) electrons. The molecule has 2 aliphatic rings. The second-order valence-corrected chi connectivity index (χ2v) is 7.43. The maximum Gasteiger partial charge on any atom is 0.249 e. The Kier molecular flexibility index (Phi) is 5.15. The zero-order chi connectivity index (χ0) is 16.4. The van der Waals surface area contributed by atoms with Crippen LogP contribution in [0, 0.1) is 5.82 Å². The molecule has 7 heteroatoms. The Labute approximate surface area is 148 Å². The van der Waals surface area contributed by atoms with Crippen LogP contribution in [0.15, 0.2) is 18.2 Å². The van der Waals surface area contributed by atoms with E-state index in [4.69, 9.17) is 0 Å². The maximum absolute atomic E-state index is 14.4. The van der Waals surface area contributed by atoms with Gasteiger partial charge in [-0.3, -0.25) is 14.9 Å². The van der Waals surface area contributed by atoms with Crippen molar-refractivity contribution in [1.82, 2.24) is 8.43 Å². The first kappa shape index (κ1) is 16.6. The molecule has 2 heterocycles. The molecule has 0 spiro atoms. The second kappa shape index (κ2) is 7.12. The first-order valence-corrected chi connectivity index (χ1v) is 8.80. The average molecular weight is 431 g/mol. The molecule has 2 aliphatic heterocycles. The number of amides is 2. The first-order valence-electron chi connectivity index (χ1n) is 7.83. The van der Waals surface area contributed by atoms with Crippen LogP contribution in [0.4, 0.5) is 10.1 Å². The smallest absolute Gasteiger partial charge is 0.249 e. The van der Waals surface area contributed by atoms with Crippen LogP contribution < -0.4 is 10.6 Å². The molecule has 0 aliphatic carbocycles. The normalized spacial score (nSPS) is 23.7. The fourth-order valence-electron chi connectivity index (χ4n) is 3.14. The number of benzene rings is 1. The summed E-state index contributed by atoms with van der Waals surface area (Å²) >= 11 is 2.30. The van der Waals surface area contributed by atoms with Crippen LogP contribution in [0.2, 0.25) is 0 Å². The molecule has 2 N–H and O–H groups in total. The Balaban J connectivity index is 1.67. The van der Waals surface area contributed by atoms with Gasteiger partial charge in [-0.15, -0.1) is 0 Å². The molecule has 1 unspecified atom stereocenters. The first-order chi connectivity index (χ1) is 11.0. The lowest BCUT2D eigenvalue weighted by Gasteiger charge is -2.28. The quantitative estimate of drug-likeness (QED) is 0.439. The van der Waals surface area contributed by atoms with Crippen LogP contribution in [0.5, 0.6) is 0 Å². The number of rotatable bonds is 3. The lowest BCUT2D eigenvalue weighted by atomic mass is 9.89. The molecule has 2 fully saturated rings. The fourth-order valence-corrected chi connectivity index (χ4v) is 3.70. The van der Waals surface area contributed by atoms with Gasteiger partial charge in [0, 0.05) is 48.1 Å². The van der Waals surface area contributed by atoms with E-state index < -0.39 is 6.04 Å². The number of piperidine rings is 2. The number of carbonyl (C=O) groups excluding carboxylic acids is 2. The molecule has 3 rings (SSSR count). The van der Waals surface area contributed by atoms with Gasteiger partial charge in [-0.1, -0.05) is 6.07 Å². The topological polar surface area (TPSA) is 61.4 Å². The minimum atomic E-state index is -0.486. The van der Waals surface area contributed by atoms with Gasteiger partial charge < -0.3 is 5.32 Å². The van der Waals surface area contributed by atoms with Gasteiger partial charge in [-0.2, -0.15) is 0 Å². The van der Waals surface area contributed by atoms with Crippen molar-refractivity contribution in [3.05, 3.63) is 29.6 Å². The van der Waals surface area contributed by atoms with Crippen LogP contribution in [0.3, 0.4) is 0 Å². The molecular formula is C16H19FIN3O2. The number of nitrogens with one attached hydrogen (secondary N) is 2. The van der Waals surface area contributed by atoms with Crippen molar-refractivity contribution in [1.29, 1.82) is 0 Å². The minimum Gasteiger partial charge on any atom is -0.374 e. The van der Waals surface area contributed by atoms with Crippen LogP contribution in [-0.2, 0) is 9.59 Å². The van der Waals surface area contributed by atoms with Gasteiger partial charge in [0.05, 0.1) is 0 Å². The Morgan fingerprint density at radius 3 is 2.61 bits per heavy atom. The number of nitrogens with zero attached hydrogens (tertiary/aromatic N) is 1. The summed E-state index contributed by atoms with van der Waals surface area (Å²) in [6.45, 7) is 1.95. The molecule has 23 heavy (non-hydrogen) atoms. The van der Waals surface area contributed by atoms with Crippen molar-refractivity contribution in [2.75, 3.05) is 18.4 Å². The van der Waals surface area contributed by atoms with E-state index in [1.165, 1.54) is 6.07 Å². The molecule has 124 valence electrons. The van der Waals surface area contributed by atoms with E-state index in [0.29, 0.717) is 18.5 Å². The van der Waals surface area contributed by atoms with Crippen molar-refractivity contribution >= 4 is 40.4 Å². The van der Waals surface area contributed by atoms with Crippen molar-refractivity contribution in [2.24, 2.45) is 0 Å². The highest BCUT2D eigenvalue weighted by atomic mass is 127. The number of carbonyl (C=O) groups is 2. The van der Waals surface area contributed by atoms with E-state index in [1.54, 1.807) is 0 Å². The Morgan fingerprint density at radius 1 is 1.22 bits per heavy atom. The zero-order valence-corrected chi connectivity index (χ0v) is 14.8. The molecule has 0 bridgehead atoms. The Morgan fingerprint density at radius 2 is 1.96 bits per heavy atom. The average Bonchev–Trinajstić information content (AvgIpc) is 2.51. The van der Waals surface area contributed by atoms with Crippen LogP contribution in [-0.4, -0.2) is 34.1 Å². The van der Waals surface area contributed by atoms with Gasteiger partial charge in [-0.25, -0.2) is 7.50 Å². The summed E-state index contributed by atoms with van der Waals surface area (Å²) in [6.07, 6.45) is 2.65. The predicted molar refractivity (Wildman–Crippen MR) is 93.8 cm³/mol. The summed E-state index contributed by atoms with van der Waals surface area (Å²) in [6, 6.07) is 4.60. The van der Waals surface area contributed by atoms with Crippen LogP contribution in [0.25, 0.3) is 0 Å². The molecule has 0 saturated carbocycles. The summed E-state index contributed by atoms with van der Waals surface area (Å²) in [5.74, 6) is -0.573. The van der Waals surface area contributed by atoms with Gasteiger partial charge in [0.15, 0.2) is 0 Å². The predicted octanol–water partition coefficient (Wildman–Crippen LogP) is 2.57. The van der Waals surface area contributed by atoms with E-state index in [9.17, 15) is 14.0 Å². The van der Waals surface area contributed by atoms with E-state index >= 15 is 0 Å². The van der Waals surface area contributed by atoms with E-state index in [2.05, 4.69) is 36.6 Å². The molecule has 1 aromatic carbocycles. The van der Waals surface area contributed by atoms with Gasteiger partial charge in [0.25, 0.3) is 0 Å². The Bertz CT molecular complexity index is 617. The van der Waals surface area contributed by atoms with Crippen LogP contribution >= 0.6 is 22.9 Å². The second-order valence-electron chi connectivity index (χ2n) is 6.07. The van der Waals surface area contributed by atoms with Gasteiger partial charge >= 0.3 is 0 Å². The van der Waals surface area contributed by atoms with Crippen molar-refractivity contribution in [3.63, 3.8) is 0 Å². The summed E-state index contributed by atoms with van der Waals surface area (Å²) in [5.41, 5.74) is 1.33. The number of hydrogen-bond donors (Lipinski definition) is 2. The highest BCUT2D eigenvalue weighted by molar-refractivity contribution is 14.1. The van der Waals surface area contributed by atoms with Crippen molar-refractivity contribution in [2.45, 2.75) is 37.6 Å². The van der Waals surface area contributed by atoms with E-state index in [1.807, 2.05) is 12.1 Å². The third-order valence-corrected chi connectivity index (χ3v) is 5.43. The summed E-state index contributed by atoms with van der Waals surface area (Å²) < 4.78 is 16.7.